The number of nitrogens with one attached hydrogen (secondary N) is 1. The minimum Gasteiger partial charge on any atom is -0.360 e. The molecule has 0 amide bonds. The van der Waals surface area contributed by atoms with Crippen molar-refractivity contribution >= 4 is 17.3 Å². The van der Waals surface area contributed by atoms with Crippen LogP contribution in [-0.4, -0.2) is 46.4 Å². The van der Waals surface area contributed by atoms with Crippen LogP contribution in [0.1, 0.15) is 11.4 Å². The lowest BCUT2D eigenvalue weighted by molar-refractivity contribution is -0.915. The molecule has 2 heterocycles. The van der Waals surface area contributed by atoms with Crippen LogP contribution in [0.4, 0.5) is 5.69 Å². The molecule has 6 nitrogen and oxygen atoms in total. The Morgan fingerprint density at radius 3 is 2.59 bits per heavy atom. The lowest BCUT2D eigenvalue weighted by Crippen LogP contribution is -3.13. The van der Waals surface area contributed by atoms with Crippen LogP contribution >= 0.6 is 11.6 Å². The number of halogens is 1. The molecule has 0 saturated carbocycles. The first-order valence-electron chi connectivity index (χ1n) is 9.41. The zero-order chi connectivity index (χ0) is 18.5. The van der Waals surface area contributed by atoms with Gasteiger partial charge in [0.25, 0.3) is 0 Å². The minimum atomic E-state index is 0.792. The van der Waals surface area contributed by atoms with Gasteiger partial charge in [-0.25, -0.2) is 4.68 Å². The third-order valence-electron chi connectivity index (χ3n) is 5.11. The predicted molar refractivity (Wildman–Crippen MR) is 106 cm³/mol. The third-order valence-corrected chi connectivity index (χ3v) is 5.35. The van der Waals surface area contributed by atoms with Crippen LogP contribution < -0.4 is 9.80 Å². The van der Waals surface area contributed by atoms with Crippen molar-refractivity contribution in [3.8, 4) is 0 Å². The van der Waals surface area contributed by atoms with Gasteiger partial charge in [-0.2, -0.15) is 0 Å². The van der Waals surface area contributed by atoms with E-state index in [-0.39, 0.29) is 0 Å². The van der Waals surface area contributed by atoms with Crippen LogP contribution in [0.15, 0.2) is 54.6 Å². The molecule has 1 aliphatic rings. The number of piperazine rings is 1. The van der Waals surface area contributed by atoms with E-state index in [4.69, 9.17) is 11.6 Å². The highest BCUT2D eigenvalue weighted by molar-refractivity contribution is 6.30. The van der Waals surface area contributed by atoms with Crippen molar-refractivity contribution in [2.45, 2.75) is 19.5 Å². The van der Waals surface area contributed by atoms with E-state index >= 15 is 0 Å². The molecular formula is C20H24ClN6+. The second-order valence-corrected chi connectivity index (χ2v) is 7.38. The summed E-state index contributed by atoms with van der Waals surface area (Å²) in [6, 6.07) is 18.6. The largest absolute Gasteiger partial charge is 0.360 e. The summed E-state index contributed by atoms with van der Waals surface area (Å²) in [6.07, 6.45) is 0.941. The SMILES string of the molecule is Clc1cccc(N2CC[NH+](Cc3nnnn3CCc3ccccc3)CC2)c1. The van der Waals surface area contributed by atoms with Crippen molar-refractivity contribution in [3.05, 3.63) is 71.0 Å². The molecule has 7 heteroatoms. The highest BCUT2D eigenvalue weighted by Crippen LogP contribution is 2.19. The van der Waals surface area contributed by atoms with Crippen molar-refractivity contribution in [2.75, 3.05) is 31.1 Å². The normalized spacial score (nSPS) is 15.2. The first-order valence-corrected chi connectivity index (χ1v) is 9.79. The van der Waals surface area contributed by atoms with Gasteiger partial charge in [0.05, 0.1) is 26.2 Å². The summed E-state index contributed by atoms with van der Waals surface area (Å²) in [6.45, 7) is 5.85. The summed E-state index contributed by atoms with van der Waals surface area (Å²) in [5.41, 5.74) is 2.51. The van der Waals surface area contributed by atoms with Gasteiger partial charge in [-0.1, -0.05) is 48.0 Å². The fourth-order valence-corrected chi connectivity index (χ4v) is 3.74. The number of aromatic nitrogens is 4. The summed E-state index contributed by atoms with van der Waals surface area (Å²) >= 11 is 6.12. The molecule has 0 unspecified atom stereocenters. The van der Waals surface area contributed by atoms with E-state index in [1.165, 1.54) is 16.2 Å². The molecule has 0 aliphatic carbocycles. The van der Waals surface area contributed by atoms with E-state index in [0.717, 1.165) is 56.5 Å². The Balaban J connectivity index is 1.31. The van der Waals surface area contributed by atoms with Crippen molar-refractivity contribution in [1.82, 2.24) is 20.2 Å². The van der Waals surface area contributed by atoms with Gasteiger partial charge in [0.2, 0.25) is 5.82 Å². The molecule has 0 atom stereocenters. The van der Waals surface area contributed by atoms with E-state index in [9.17, 15) is 0 Å². The second kappa shape index (κ2) is 8.50. The van der Waals surface area contributed by atoms with Gasteiger partial charge in [0.15, 0.2) is 0 Å². The average molecular weight is 384 g/mol. The van der Waals surface area contributed by atoms with Crippen molar-refractivity contribution < 1.29 is 4.90 Å². The molecule has 140 valence electrons. The monoisotopic (exact) mass is 383 g/mol. The maximum atomic E-state index is 6.12. The van der Waals surface area contributed by atoms with Crippen molar-refractivity contribution in [1.29, 1.82) is 0 Å². The summed E-state index contributed by atoms with van der Waals surface area (Å²) in [5.74, 6) is 0.970. The second-order valence-electron chi connectivity index (χ2n) is 6.95. The summed E-state index contributed by atoms with van der Waals surface area (Å²) in [7, 11) is 0. The van der Waals surface area contributed by atoms with Crippen LogP contribution in [0.25, 0.3) is 0 Å². The molecule has 1 aromatic heterocycles. The molecule has 1 saturated heterocycles. The van der Waals surface area contributed by atoms with Crippen molar-refractivity contribution in [3.63, 3.8) is 0 Å². The molecule has 1 N–H and O–H groups in total. The molecule has 2 aromatic carbocycles. The number of quaternary nitrogens is 1. The molecule has 0 radical (unpaired) electrons. The molecule has 3 aromatic rings. The van der Waals surface area contributed by atoms with Gasteiger partial charge in [0, 0.05) is 17.3 Å². The maximum Gasteiger partial charge on any atom is 0.206 e. The minimum absolute atomic E-state index is 0.792. The van der Waals surface area contributed by atoms with Crippen LogP contribution in [-0.2, 0) is 19.5 Å². The lowest BCUT2D eigenvalue weighted by Gasteiger charge is -2.33. The number of nitrogens with zero attached hydrogens (tertiary/aromatic N) is 5. The summed E-state index contributed by atoms with van der Waals surface area (Å²) in [5, 5.41) is 13.1. The van der Waals surface area contributed by atoms with Crippen LogP contribution in [0.2, 0.25) is 5.02 Å². The molecule has 0 bridgehead atoms. The number of hydrogen-bond acceptors (Lipinski definition) is 4. The molecule has 0 spiro atoms. The zero-order valence-corrected chi connectivity index (χ0v) is 16.0. The molecule has 1 fully saturated rings. The Kier molecular flexibility index (Phi) is 5.65. The molecular weight excluding hydrogens is 360 g/mol. The van der Waals surface area contributed by atoms with Gasteiger partial charge < -0.3 is 9.80 Å². The Morgan fingerprint density at radius 1 is 1.00 bits per heavy atom. The number of rotatable bonds is 6. The highest BCUT2D eigenvalue weighted by atomic mass is 35.5. The average Bonchev–Trinajstić information content (AvgIpc) is 3.15. The van der Waals surface area contributed by atoms with E-state index in [1.54, 1.807) is 0 Å². The van der Waals surface area contributed by atoms with Gasteiger partial charge in [-0.15, -0.1) is 5.10 Å². The Morgan fingerprint density at radius 2 is 1.81 bits per heavy atom. The maximum absolute atomic E-state index is 6.12. The number of benzene rings is 2. The highest BCUT2D eigenvalue weighted by Gasteiger charge is 2.22. The van der Waals surface area contributed by atoms with E-state index in [2.05, 4.69) is 50.8 Å². The first-order chi connectivity index (χ1) is 13.3. The zero-order valence-electron chi connectivity index (χ0n) is 15.3. The number of tetrazole rings is 1. The Hall–Kier alpha value is -2.44. The van der Waals surface area contributed by atoms with Gasteiger partial charge in [0.1, 0.15) is 6.54 Å². The fourth-order valence-electron chi connectivity index (χ4n) is 3.56. The standard InChI is InChI=1S/C20H23ClN6/c21-18-7-4-8-19(15-18)26-13-11-25(12-14-26)16-20-22-23-24-27(20)10-9-17-5-2-1-3-6-17/h1-8,15H,9-14,16H2/p+1. The van der Waals surface area contributed by atoms with Gasteiger partial charge >= 0.3 is 0 Å². The van der Waals surface area contributed by atoms with E-state index in [1.807, 2.05) is 28.9 Å². The lowest BCUT2D eigenvalue weighted by atomic mass is 10.1. The first kappa shape index (κ1) is 17.9. The van der Waals surface area contributed by atoms with Gasteiger partial charge in [-0.3, -0.25) is 0 Å². The van der Waals surface area contributed by atoms with E-state index < -0.39 is 0 Å². The molecule has 1 aliphatic heterocycles. The molecule has 4 rings (SSSR count). The van der Waals surface area contributed by atoms with Crippen LogP contribution in [0.5, 0.6) is 0 Å². The summed E-state index contributed by atoms with van der Waals surface area (Å²) in [4.78, 5) is 3.91. The summed E-state index contributed by atoms with van der Waals surface area (Å²) < 4.78 is 1.95. The van der Waals surface area contributed by atoms with E-state index in [0.29, 0.717) is 0 Å². The van der Waals surface area contributed by atoms with Crippen molar-refractivity contribution in [2.24, 2.45) is 0 Å². The number of anilines is 1. The number of hydrogen-bond donors (Lipinski definition) is 1. The van der Waals surface area contributed by atoms with Crippen LogP contribution in [0.3, 0.4) is 0 Å². The van der Waals surface area contributed by atoms with Gasteiger partial charge in [-0.05, 0) is 40.6 Å². The molecule has 27 heavy (non-hydrogen) atoms. The Labute approximate surface area is 164 Å². The smallest absolute Gasteiger partial charge is 0.206 e. The Bertz CT molecular complexity index is 858. The fraction of sp³-hybridized carbons (Fsp3) is 0.350. The topological polar surface area (TPSA) is 51.3 Å². The predicted octanol–water partition coefficient (Wildman–Crippen LogP) is 1.47. The third kappa shape index (κ3) is 4.64. The number of aryl methyl sites for hydroxylation is 2. The quantitative estimate of drug-likeness (QED) is 0.700. The van der Waals surface area contributed by atoms with Crippen LogP contribution in [0, 0.1) is 0 Å².